The molecule has 4 nitrogen and oxygen atoms in total. The molecule has 1 aromatic rings. The molecule has 0 bridgehead atoms. The van der Waals surface area contributed by atoms with Gasteiger partial charge in [-0.05, 0) is 6.92 Å². The maximum atomic E-state index is 12.0. The van der Waals surface area contributed by atoms with Crippen LogP contribution < -0.4 is 0 Å². The lowest BCUT2D eigenvalue weighted by atomic mass is 10.1. The number of aryl methyl sites for hydroxylation is 1. The molecule has 0 aliphatic rings. The molecule has 0 aliphatic heterocycles. The minimum Gasteiger partial charge on any atom is -0.395 e. The van der Waals surface area contributed by atoms with Crippen molar-refractivity contribution < 1.29 is 18.3 Å². The van der Waals surface area contributed by atoms with Crippen LogP contribution in [0, 0.1) is 6.92 Å². The second kappa shape index (κ2) is 5.42. The average Bonchev–Trinajstić information content (AvgIpc) is 2.30. The maximum absolute atomic E-state index is 12.0. The Morgan fingerprint density at radius 2 is 1.82 bits per heavy atom. The molecule has 0 saturated heterocycles. The van der Waals surface area contributed by atoms with Crippen LogP contribution in [0.5, 0.6) is 0 Å². The van der Waals surface area contributed by atoms with Gasteiger partial charge in [-0.25, -0.2) is 8.42 Å². The number of ketones is 1. The van der Waals surface area contributed by atoms with Gasteiger partial charge in [0.15, 0.2) is 15.6 Å². The van der Waals surface area contributed by atoms with Crippen molar-refractivity contribution in [2.75, 3.05) is 12.4 Å². The summed E-state index contributed by atoms with van der Waals surface area (Å²) in [6, 6.07) is 6.62. The Bertz CT molecular complexity index is 488. The normalized spacial score (nSPS) is 13.4. The number of aliphatic hydroxyl groups excluding tert-OH is 1. The van der Waals surface area contributed by atoms with E-state index >= 15 is 0 Å². The smallest absolute Gasteiger partial charge is 0.183 e. The fourth-order valence-corrected chi connectivity index (χ4v) is 2.56. The molecule has 1 aromatic carbocycles. The third kappa shape index (κ3) is 3.14. The van der Waals surface area contributed by atoms with Crippen molar-refractivity contribution in [1.29, 1.82) is 0 Å². The SMILES string of the molecule is CCS(=O)(=O)[C@H](CO)C(=O)c1ccc(C)cc1. The first-order valence-corrected chi connectivity index (χ1v) is 7.07. The molecule has 1 atom stereocenters. The number of Topliss-reactive ketones (excluding diaryl/α,β-unsaturated/α-hetero) is 1. The Morgan fingerprint density at radius 1 is 1.29 bits per heavy atom. The highest BCUT2D eigenvalue weighted by atomic mass is 32.2. The van der Waals surface area contributed by atoms with Crippen LogP contribution in [0.15, 0.2) is 24.3 Å². The first-order valence-electron chi connectivity index (χ1n) is 5.35. The van der Waals surface area contributed by atoms with Crippen LogP contribution in [0.3, 0.4) is 0 Å². The third-order valence-electron chi connectivity index (χ3n) is 2.63. The van der Waals surface area contributed by atoms with E-state index in [1.54, 1.807) is 24.3 Å². The maximum Gasteiger partial charge on any atom is 0.183 e. The summed E-state index contributed by atoms with van der Waals surface area (Å²) in [6.45, 7) is 2.66. The van der Waals surface area contributed by atoms with Gasteiger partial charge in [0, 0.05) is 11.3 Å². The van der Waals surface area contributed by atoms with Gasteiger partial charge in [0.05, 0.1) is 6.61 Å². The topological polar surface area (TPSA) is 71.4 Å². The number of sulfone groups is 1. The zero-order valence-electron chi connectivity index (χ0n) is 9.88. The van der Waals surface area contributed by atoms with E-state index in [1.165, 1.54) is 6.92 Å². The third-order valence-corrected chi connectivity index (χ3v) is 4.67. The molecule has 0 heterocycles. The molecular formula is C12H16O4S. The van der Waals surface area contributed by atoms with Crippen LogP contribution in [0.1, 0.15) is 22.8 Å². The van der Waals surface area contributed by atoms with Crippen molar-refractivity contribution in [3.63, 3.8) is 0 Å². The van der Waals surface area contributed by atoms with Gasteiger partial charge >= 0.3 is 0 Å². The summed E-state index contributed by atoms with van der Waals surface area (Å²) in [5.41, 5.74) is 1.30. The summed E-state index contributed by atoms with van der Waals surface area (Å²) in [4.78, 5) is 12.0. The molecule has 0 fully saturated rings. The minimum absolute atomic E-state index is 0.157. The zero-order valence-corrected chi connectivity index (χ0v) is 10.7. The summed E-state index contributed by atoms with van der Waals surface area (Å²) in [5.74, 6) is -0.704. The van der Waals surface area contributed by atoms with Crippen LogP contribution in [0.4, 0.5) is 0 Å². The van der Waals surface area contributed by atoms with Crippen LogP contribution in [-0.2, 0) is 9.84 Å². The fourth-order valence-electron chi connectivity index (χ4n) is 1.46. The largest absolute Gasteiger partial charge is 0.395 e. The average molecular weight is 256 g/mol. The number of rotatable bonds is 5. The Morgan fingerprint density at radius 3 is 2.24 bits per heavy atom. The summed E-state index contributed by atoms with van der Waals surface area (Å²) in [6.07, 6.45) is 0. The van der Waals surface area contributed by atoms with Gasteiger partial charge in [0.25, 0.3) is 0 Å². The molecule has 5 heteroatoms. The van der Waals surface area contributed by atoms with E-state index in [0.717, 1.165) is 5.56 Å². The molecule has 0 saturated carbocycles. The van der Waals surface area contributed by atoms with E-state index in [9.17, 15) is 13.2 Å². The second-order valence-corrected chi connectivity index (χ2v) is 6.33. The molecule has 0 unspecified atom stereocenters. The molecular weight excluding hydrogens is 240 g/mol. The first-order chi connectivity index (χ1) is 7.92. The van der Waals surface area contributed by atoms with Crippen LogP contribution in [0.25, 0.3) is 0 Å². The number of carbonyl (C=O) groups is 1. The molecule has 0 aliphatic carbocycles. The Kier molecular flexibility index (Phi) is 4.42. The highest BCUT2D eigenvalue weighted by molar-refractivity contribution is 7.92. The highest BCUT2D eigenvalue weighted by Gasteiger charge is 2.30. The van der Waals surface area contributed by atoms with Crippen LogP contribution in [0.2, 0.25) is 0 Å². The van der Waals surface area contributed by atoms with E-state index in [4.69, 9.17) is 5.11 Å². The Labute approximate surface area is 101 Å². The highest BCUT2D eigenvalue weighted by Crippen LogP contribution is 2.12. The van der Waals surface area contributed by atoms with Crippen molar-refractivity contribution in [2.24, 2.45) is 0 Å². The Hall–Kier alpha value is -1.20. The standard InChI is InChI=1S/C12H16O4S/c1-3-17(15,16)11(8-13)12(14)10-6-4-9(2)5-7-10/h4-7,11,13H,3,8H2,1-2H3/t11-/m1/s1. The van der Waals surface area contributed by atoms with Crippen molar-refractivity contribution in [3.8, 4) is 0 Å². The molecule has 0 amide bonds. The number of hydrogen-bond acceptors (Lipinski definition) is 4. The summed E-state index contributed by atoms with van der Waals surface area (Å²) < 4.78 is 23.3. The predicted octanol–water partition coefficient (Wildman–Crippen LogP) is 0.973. The van der Waals surface area contributed by atoms with Gasteiger partial charge in [-0.15, -0.1) is 0 Å². The molecule has 1 N–H and O–H groups in total. The van der Waals surface area contributed by atoms with Crippen molar-refractivity contribution >= 4 is 15.6 Å². The molecule has 17 heavy (non-hydrogen) atoms. The summed E-state index contributed by atoms with van der Waals surface area (Å²) >= 11 is 0. The predicted molar refractivity (Wildman–Crippen MR) is 65.8 cm³/mol. The lowest BCUT2D eigenvalue weighted by Crippen LogP contribution is -2.35. The monoisotopic (exact) mass is 256 g/mol. The van der Waals surface area contributed by atoms with E-state index in [-0.39, 0.29) is 5.75 Å². The molecule has 94 valence electrons. The van der Waals surface area contributed by atoms with Gasteiger partial charge in [-0.2, -0.15) is 0 Å². The number of carbonyl (C=O) groups excluding carboxylic acids is 1. The van der Waals surface area contributed by atoms with E-state index in [2.05, 4.69) is 0 Å². The fraction of sp³-hybridized carbons (Fsp3) is 0.417. The van der Waals surface area contributed by atoms with Crippen LogP contribution in [-0.4, -0.2) is 36.9 Å². The van der Waals surface area contributed by atoms with Crippen molar-refractivity contribution in [2.45, 2.75) is 19.1 Å². The van der Waals surface area contributed by atoms with Gasteiger partial charge < -0.3 is 5.11 Å². The van der Waals surface area contributed by atoms with Crippen LogP contribution >= 0.6 is 0 Å². The molecule has 1 rings (SSSR count). The molecule has 0 aromatic heterocycles. The Balaban J connectivity index is 3.07. The number of aliphatic hydroxyl groups is 1. The summed E-state index contributed by atoms with van der Waals surface area (Å²) in [7, 11) is -3.57. The number of hydrogen-bond donors (Lipinski definition) is 1. The zero-order chi connectivity index (χ0) is 13.1. The second-order valence-electron chi connectivity index (χ2n) is 3.85. The van der Waals surface area contributed by atoms with Gasteiger partial charge in [-0.3, -0.25) is 4.79 Å². The quantitative estimate of drug-likeness (QED) is 0.797. The van der Waals surface area contributed by atoms with Gasteiger partial charge in [-0.1, -0.05) is 36.8 Å². The lowest BCUT2D eigenvalue weighted by molar-refractivity contribution is 0.0961. The number of benzene rings is 1. The van der Waals surface area contributed by atoms with E-state index in [1.807, 2.05) is 6.92 Å². The first kappa shape index (κ1) is 13.9. The van der Waals surface area contributed by atoms with Gasteiger partial charge in [0.1, 0.15) is 5.25 Å². The molecule has 0 radical (unpaired) electrons. The summed E-state index contributed by atoms with van der Waals surface area (Å²) in [5, 5.41) is 7.73. The minimum atomic E-state index is -3.57. The van der Waals surface area contributed by atoms with Crippen molar-refractivity contribution in [3.05, 3.63) is 35.4 Å². The molecule has 0 spiro atoms. The van der Waals surface area contributed by atoms with E-state index in [0.29, 0.717) is 5.56 Å². The van der Waals surface area contributed by atoms with E-state index < -0.39 is 27.5 Å². The van der Waals surface area contributed by atoms with Gasteiger partial charge in [0.2, 0.25) is 0 Å². The lowest BCUT2D eigenvalue weighted by Gasteiger charge is -2.12. The van der Waals surface area contributed by atoms with Crippen molar-refractivity contribution in [1.82, 2.24) is 0 Å².